The number of hydrogen-bond acceptors (Lipinski definition) is 9. The first-order valence-electron chi connectivity index (χ1n) is 7.62. The molecular weight excluding hydrogens is 362 g/mol. The van der Waals surface area contributed by atoms with E-state index in [4.69, 9.17) is 21.1 Å². The van der Waals surface area contributed by atoms with Crippen LogP contribution in [-0.4, -0.2) is 106 Å². The summed E-state index contributed by atoms with van der Waals surface area (Å²) in [6, 6.07) is -1.62. The molecule has 0 aromatic carbocycles. The summed E-state index contributed by atoms with van der Waals surface area (Å²) in [6.07, 6.45) is -7.60. The minimum absolute atomic E-state index is 0.0222. The van der Waals surface area contributed by atoms with Crippen molar-refractivity contribution in [3.05, 3.63) is 4.91 Å². The quantitative estimate of drug-likeness (QED) is 0.223. The molecule has 6 atom stereocenters. The first kappa shape index (κ1) is 22.0. The minimum atomic E-state index is -1.69. The van der Waals surface area contributed by atoms with Gasteiger partial charge in [0.25, 0.3) is 0 Å². The highest BCUT2D eigenvalue weighted by Gasteiger charge is 2.48. The molecule has 0 aromatic rings. The van der Waals surface area contributed by atoms with E-state index in [-0.39, 0.29) is 19.0 Å². The van der Waals surface area contributed by atoms with Crippen LogP contribution >= 0.6 is 11.6 Å². The third-order valence-corrected chi connectivity index (χ3v) is 4.03. The molecule has 1 aliphatic heterocycles. The van der Waals surface area contributed by atoms with Crippen LogP contribution < -0.4 is 0 Å². The van der Waals surface area contributed by atoms with Gasteiger partial charge in [-0.25, -0.2) is 4.79 Å². The van der Waals surface area contributed by atoms with Gasteiger partial charge in [-0.3, -0.25) is 4.90 Å². The lowest BCUT2D eigenvalue weighted by Crippen LogP contribution is -2.66. The Kier molecular flexibility index (Phi) is 8.93. The van der Waals surface area contributed by atoms with Crippen LogP contribution in [-0.2, 0) is 9.47 Å². The van der Waals surface area contributed by atoms with Gasteiger partial charge in [-0.15, -0.1) is 16.5 Å². The average Bonchev–Trinajstić information content (AvgIpc) is 2.59. The number of amides is 2. The van der Waals surface area contributed by atoms with Crippen LogP contribution in [0.4, 0.5) is 4.79 Å². The Morgan fingerprint density at radius 3 is 2.44 bits per heavy atom. The van der Waals surface area contributed by atoms with Gasteiger partial charge >= 0.3 is 6.03 Å². The van der Waals surface area contributed by atoms with Gasteiger partial charge in [0.2, 0.25) is 0 Å². The average molecular weight is 386 g/mol. The van der Waals surface area contributed by atoms with E-state index >= 15 is 0 Å². The molecule has 2 amide bonds. The Balaban J connectivity index is 3.17. The van der Waals surface area contributed by atoms with Crippen molar-refractivity contribution in [1.82, 2.24) is 9.91 Å². The van der Waals surface area contributed by atoms with Gasteiger partial charge in [-0.1, -0.05) is 0 Å². The van der Waals surface area contributed by atoms with Crippen molar-refractivity contribution in [3.8, 4) is 0 Å². The van der Waals surface area contributed by atoms with Gasteiger partial charge < -0.3 is 29.9 Å². The van der Waals surface area contributed by atoms with Gasteiger partial charge in [0.15, 0.2) is 6.23 Å². The Bertz CT molecular complexity index is 443. The maximum atomic E-state index is 12.7. The number of carbonyl (C=O) groups excluding carboxylic acids is 1. The molecular formula is C13H24ClN3O8. The van der Waals surface area contributed by atoms with E-state index in [1.807, 2.05) is 0 Å². The zero-order chi connectivity index (χ0) is 19.1. The van der Waals surface area contributed by atoms with E-state index in [1.165, 1.54) is 7.11 Å². The second kappa shape index (κ2) is 10.2. The second-order valence-electron chi connectivity index (χ2n) is 5.61. The van der Waals surface area contributed by atoms with Crippen LogP contribution in [0.5, 0.6) is 0 Å². The fourth-order valence-electron chi connectivity index (χ4n) is 2.57. The van der Waals surface area contributed by atoms with Gasteiger partial charge in [-0.05, 0) is 6.92 Å². The number of nitrogens with zero attached hydrogens (tertiary/aromatic N) is 3. The lowest BCUT2D eigenvalue weighted by molar-refractivity contribution is -0.263. The predicted molar refractivity (Wildman–Crippen MR) is 85.6 cm³/mol. The lowest BCUT2D eigenvalue weighted by Gasteiger charge is -2.46. The molecule has 0 radical (unpaired) electrons. The molecule has 25 heavy (non-hydrogen) atoms. The first-order valence-corrected chi connectivity index (χ1v) is 8.15. The summed E-state index contributed by atoms with van der Waals surface area (Å²) in [5.41, 5.74) is 0. The Morgan fingerprint density at radius 1 is 1.32 bits per heavy atom. The number of aliphatic hydroxyl groups is 4. The molecule has 0 aliphatic carbocycles. The normalized spacial score (nSPS) is 30.6. The predicted octanol–water partition coefficient (Wildman–Crippen LogP) is -1.53. The monoisotopic (exact) mass is 385 g/mol. The van der Waals surface area contributed by atoms with Crippen LogP contribution in [0.3, 0.4) is 0 Å². The van der Waals surface area contributed by atoms with Gasteiger partial charge in [0, 0.05) is 13.0 Å². The van der Waals surface area contributed by atoms with Crippen LogP contribution in [0.15, 0.2) is 5.29 Å². The van der Waals surface area contributed by atoms with Crippen LogP contribution in [0.2, 0.25) is 0 Å². The van der Waals surface area contributed by atoms with Crippen molar-refractivity contribution in [2.75, 3.05) is 32.7 Å². The molecule has 12 heteroatoms. The molecule has 4 N–H and O–H groups in total. The summed E-state index contributed by atoms with van der Waals surface area (Å²) in [5, 5.41) is 42.5. The summed E-state index contributed by atoms with van der Waals surface area (Å²) in [6.45, 7) is 0.748. The zero-order valence-electron chi connectivity index (χ0n) is 13.9. The fraction of sp³-hybridized carbons (Fsp3) is 0.923. The molecule has 11 nitrogen and oxygen atoms in total. The summed E-state index contributed by atoms with van der Waals surface area (Å²) >= 11 is 5.54. The molecule has 0 bridgehead atoms. The van der Waals surface area contributed by atoms with Crippen molar-refractivity contribution < 1.29 is 34.7 Å². The van der Waals surface area contributed by atoms with Gasteiger partial charge in [0.1, 0.15) is 24.4 Å². The number of aliphatic hydroxyl groups excluding tert-OH is 4. The number of nitroso groups, excluding NO2 is 1. The largest absolute Gasteiger partial charge is 0.394 e. The number of carbonyl (C=O) groups is 1. The number of methoxy groups -OCH3 is 1. The molecule has 1 fully saturated rings. The fourth-order valence-corrected chi connectivity index (χ4v) is 2.73. The topological polar surface area (TPSA) is 152 Å². The highest BCUT2D eigenvalue weighted by molar-refractivity contribution is 6.18. The standard InChI is InChI=1S/C13H24ClN3O8/c1-7(6-24-2)17(13(22)16(15-23)4-3-14)12-11(21)10(20)9(19)8(5-18)25-12/h7-12,18-21H,3-6H2,1-2H3/t7?,8-,9+,10+,11-,12?/m1/s1. The highest BCUT2D eigenvalue weighted by atomic mass is 35.5. The molecule has 146 valence electrons. The Hall–Kier alpha value is -1.08. The third-order valence-electron chi connectivity index (χ3n) is 3.86. The molecule has 1 rings (SSSR count). The number of hydrogen-bond donors (Lipinski definition) is 4. The van der Waals surface area contributed by atoms with E-state index in [0.29, 0.717) is 5.01 Å². The van der Waals surface area contributed by atoms with E-state index in [9.17, 15) is 30.1 Å². The van der Waals surface area contributed by atoms with Crippen LogP contribution in [0, 0.1) is 4.91 Å². The summed E-state index contributed by atoms with van der Waals surface area (Å²) in [5.74, 6) is -0.0569. The zero-order valence-corrected chi connectivity index (χ0v) is 14.7. The first-order chi connectivity index (χ1) is 11.8. The number of urea groups is 1. The van der Waals surface area contributed by atoms with Gasteiger partial charge in [0.05, 0.1) is 31.1 Å². The van der Waals surface area contributed by atoms with Crippen molar-refractivity contribution in [2.45, 2.75) is 43.6 Å². The maximum absolute atomic E-state index is 12.7. The van der Waals surface area contributed by atoms with Crippen molar-refractivity contribution in [2.24, 2.45) is 5.29 Å². The van der Waals surface area contributed by atoms with Crippen LogP contribution in [0.1, 0.15) is 6.92 Å². The van der Waals surface area contributed by atoms with Crippen molar-refractivity contribution in [1.29, 1.82) is 0 Å². The summed E-state index contributed by atoms with van der Waals surface area (Å²) < 4.78 is 10.4. The molecule has 0 aromatic heterocycles. The molecule has 0 saturated carbocycles. The molecule has 2 unspecified atom stereocenters. The molecule has 1 aliphatic rings. The van der Waals surface area contributed by atoms with E-state index in [2.05, 4.69) is 5.29 Å². The SMILES string of the molecule is COCC(C)N(C(=O)N(CCCl)N=O)C1O[C@H](CO)[C@H](O)[C@H](O)[C@H]1O. The second-order valence-corrected chi connectivity index (χ2v) is 5.99. The molecule has 1 heterocycles. The Labute approximate surface area is 149 Å². The van der Waals surface area contributed by atoms with E-state index < -0.39 is 49.3 Å². The summed E-state index contributed by atoms with van der Waals surface area (Å²) in [7, 11) is 1.39. The number of ether oxygens (including phenoxy) is 2. The number of alkyl halides is 1. The molecule has 1 saturated heterocycles. The number of halogens is 1. The lowest BCUT2D eigenvalue weighted by atomic mass is 9.97. The van der Waals surface area contributed by atoms with E-state index in [1.54, 1.807) is 6.92 Å². The van der Waals surface area contributed by atoms with Gasteiger partial charge in [-0.2, -0.15) is 5.01 Å². The number of rotatable bonds is 8. The highest BCUT2D eigenvalue weighted by Crippen LogP contribution is 2.26. The van der Waals surface area contributed by atoms with Crippen LogP contribution in [0.25, 0.3) is 0 Å². The van der Waals surface area contributed by atoms with Crippen molar-refractivity contribution >= 4 is 17.6 Å². The smallest absolute Gasteiger partial charge is 0.345 e. The summed E-state index contributed by atoms with van der Waals surface area (Å²) in [4.78, 5) is 24.5. The minimum Gasteiger partial charge on any atom is -0.394 e. The van der Waals surface area contributed by atoms with Crippen molar-refractivity contribution in [3.63, 3.8) is 0 Å². The molecule has 0 spiro atoms. The van der Waals surface area contributed by atoms with E-state index in [0.717, 1.165) is 4.90 Å². The Morgan fingerprint density at radius 2 is 1.96 bits per heavy atom. The third kappa shape index (κ3) is 4.97. The maximum Gasteiger partial charge on any atom is 0.345 e.